The highest BCUT2D eigenvalue weighted by Crippen LogP contribution is 2.27. The van der Waals surface area contributed by atoms with Crippen molar-refractivity contribution in [2.75, 3.05) is 20.3 Å². The fraction of sp³-hybridized carbons (Fsp3) is 0.412. The molecular formula is C17H23NO2S. The number of ether oxygens (including phenoxy) is 2. The molecule has 114 valence electrons. The fourth-order valence-electron chi connectivity index (χ4n) is 2.36. The van der Waals surface area contributed by atoms with E-state index in [0.717, 1.165) is 18.0 Å². The molecule has 3 nitrogen and oxygen atoms in total. The Morgan fingerprint density at radius 1 is 1.19 bits per heavy atom. The normalized spacial score (nSPS) is 12.2. The molecule has 0 aliphatic heterocycles. The maximum atomic E-state index is 5.76. The van der Waals surface area contributed by atoms with Gasteiger partial charge in [0.2, 0.25) is 0 Å². The van der Waals surface area contributed by atoms with Crippen LogP contribution in [0.2, 0.25) is 0 Å². The molecule has 21 heavy (non-hydrogen) atoms. The summed E-state index contributed by atoms with van der Waals surface area (Å²) in [6.45, 7) is 7.94. The van der Waals surface area contributed by atoms with E-state index in [2.05, 4.69) is 32.2 Å². The van der Waals surface area contributed by atoms with Crippen LogP contribution < -0.4 is 14.8 Å². The summed E-state index contributed by atoms with van der Waals surface area (Å²) >= 11 is 1.85. The van der Waals surface area contributed by atoms with Crippen LogP contribution >= 0.6 is 11.3 Å². The lowest BCUT2D eigenvalue weighted by molar-refractivity contribution is 0.288. The van der Waals surface area contributed by atoms with Crippen molar-refractivity contribution < 1.29 is 9.47 Å². The molecule has 1 unspecified atom stereocenters. The third-order valence-electron chi connectivity index (χ3n) is 3.43. The van der Waals surface area contributed by atoms with E-state index in [1.807, 2.05) is 35.6 Å². The van der Waals surface area contributed by atoms with E-state index in [4.69, 9.17) is 9.47 Å². The molecule has 1 aromatic carbocycles. The number of nitrogens with one attached hydrogen (secondary N) is 1. The van der Waals surface area contributed by atoms with Gasteiger partial charge in [-0.2, -0.15) is 0 Å². The second-order valence-electron chi connectivity index (χ2n) is 5.04. The summed E-state index contributed by atoms with van der Waals surface area (Å²) in [7, 11) is 1.66. The van der Waals surface area contributed by atoms with Crippen LogP contribution in [-0.2, 0) is 0 Å². The quantitative estimate of drug-likeness (QED) is 0.781. The Balaban J connectivity index is 1.80. The molecule has 0 aliphatic rings. The molecule has 2 rings (SSSR count). The molecule has 2 aromatic rings. The molecule has 0 fully saturated rings. The third kappa shape index (κ3) is 4.22. The van der Waals surface area contributed by atoms with Crippen molar-refractivity contribution in [1.82, 2.24) is 5.32 Å². The fourth-order valence-corrected chi connectivity index (χ4v) is 3.39. The third-order valence-corrected chi connectivity index (χ3v) is 4.41. The lowest BCUT2D eigenvalue weighted by Gasteiger charge is -2.15. The Bertz CT molecular complexity index is 580. The number of thiophene rings is 1. The molecule has 0 saturated carbocycles. The molecule has 4 heteroatoms. The number of rotatable bonds is 7. The average Bonchev–Trinajstić information content (AvgIpc) is 2.82. The molecule has 0 spiro atoms. The monoisotopic (exact) mass is 305 g/mol. The van der Waals surface area contributed by atoms with Gasteiger partial charge in [-0.05, 0) is 44.5 Å². The maximum absolute atomic E-state index is 5.76. The van der Waals surface area contributed by atoms with Gasteiger partial charge in [-0.3, -0.25) is 0 Å². The molecule has 0 saturated heterocycles. The number of hydrogen-bond donors (Lipinski definition) is 1. The van der Waals surface area contributed by atoms with Gasteiger partial charge in [-0.25, -0.2) is 0 Å². The lowest BCUT2D eigenvalue weighted by atomic mass is 10.1. The van der Waals surface area contributed by atoms with E-state index in [1.165, 1.54) is 15.3 Å². The second-order valence-corrected chi connectivity index (χ2v) is 6.50. The highest BCUT2D eigenvalue weighted by molar-refractivity contribution is 7.12. The van der Waals surface area contributed by atoms with E-state index < -0.39 is 0 Å². The van der Waals surface area contributed by atoms with E-state index in [9.17, 15) is 0 Å². The van der Waals surface area contributed by atoms with E-state index in [1.54, 1.807) is 7.11 Å². The Labute approximate surface area is 130 Å². The maximum Gasteiger partial charge on any atom is 0.161 e. The Hall–Kier alpha value is -1.52. The summed E-state index contributed by atoms with van der Waals surface area (Å²) in [4.78, 5) is 2.75. The summed E-state index contributed by atoms with van der Waals surface area (Å²) in [5.41, 5.74) is 1.38. The van der Waals surface area contributed by atoms with Crippen LogP contribution in [0, 0.1) is 13.8 Å². The Morgan fingerprint density at radius 3 is 2.52 bits per heavy atom. The summed E-state index contributed by atoms with van der Waals surface area (Å²) in [5.74, 6) is 1.56. The van der Waals surface area contributed by atoms with Gasteiger partial charge in [0.1, 0.15) is 6.61 Å². The zero-order valence-electron chi connectivity index (χ0n) is 13.1. The molecule has 0 radical (unpaired) electrons. The number of methoxy groups -OCH3 is 1. The van der Waals surface area contributed by atoms with Crippen molar-refractivity contribution in [2.45, 2.75) is 26.8 Å². The zero-order valence-corrected chi connectivity index (χ0v) is 13.9. The molecule has 0 aliphatic carbocycles. The van der Waals surface area contributed by atoms with Crippen LogP contribution in [0.5, 0.6) is 11.5 Å². The summed E-state index contributed by atoms with van der Waals surface area (Å²) in [5, 5.41) is 3.50. The van der Waals surface area contributed by atoms with Crippen LogP contribution in [0.25, 0.3) is 0 Å². The molecule has 0 amide bonds. The Kier molecular flexibility index (Phi) is 5.65. The van der Waals surface area contributed by atoms with Crippen LogP contribution in [-0.4, -0.2) is 20.3 Å². The number of aryl methyl sites for hydroxylation is 2. The van der Waals surface area contributed by atoms with Crippen LogP contribution in [0.15, 0.2) is 30.3 Å². The molecule has 1 atom stereocenters. The van der Waals surface area contributed by atoms with Gasteiger partial charge in [0, 0.05) is 22.3 Å². The van der Waals surface area contributed by atoms with Crippen molar-refractivity contribution >= 4 is 11.3 Å². The van der Waals surface area contributed by atoms with Gasteiger partial charge in [0.05, 0.1) is 7.11 Å². The van der Waals surface area contributed by atoms with Crippen molar-refractivity contribution in [3.05, 3.63) is 45.6 Å². The summed E-state index contributed by atoms with van der Waals surface area (Å²) < 4.78 is 11.0. The number of benzene rings is 1. The minimum Gasteiger partial charge on any atom is -0.493 e. The Morgan fingerprint density at radius 2 is 1.90 bits per heavy atom. The van der Waals surface area contributed by atoms with E-state index in [0.29, 0.717) is 12.6 Å². The van der Waals surface area contributed by atoms with E-state index >= 15 is 0 Å². The van der Waals surface area contributed by atoms with Crippen molar-refractivity contribution in [3.63, 3.8) is 0 Å². The van der Waals surface area contributed by atoms with E-state index in [-0.39, 0.29) is 0 Å². The predicted octanol–water partition coefficient (Wildman–Crippen LogP) is 4.10. The smallest absolute Gasteiger partial charge is 0.161 e. The van der Waals surface area contributed by atoms with Crippen molar-refractivity contribution in [2.24, 2.45) is 0 Å². The highest BCUT2D eigenvalue weighted by Gasteiger charge is 2.10. The van der Waals surface area contributed by atoms with Gasteiger partial charge in [-0.15, -0.1) is 11.3 Å². The summed E-state index contributed by atoms with van der Waals surface area (Å²) in [6.07, 6.45) is 0. The molecule has 1 aromatic heterocycles. The SMILES string of the molecule is COc1ccccc1OCCNC(C)c1cc(C)sc1C. The van der Waals surface area contributed by atoms with Crippen molar-refractivity contribution in [3.8, 4) is 11.5 Å². The topological polar surface area (TPSA) is 30.5 Å². The van der Waals surface area contributed by atoms with Gasteiger partial charge < -0.3 is 14.8 Å². The number of hydrogen-bond acceptors (Lipinski definition) is 4. The first-order chi connectivity index (χ1) is 10.1. The first-order valence-electron chi connectivity index (χ1n) is 7.18. The second kappa shape index (κ2) is 7.48. The summed E-state index contributed by atoms with van der Waals surface area (Å²) in [6, 6.07) is 10.3. The standard InChI is InChI=1S/C17H23NO2S/c1-12-11-15(14(3)21-12)13(2)18-9-10-20-17-8-6-5-7-16(17)19-4/h5-8,11,13,18H,9-10H2,1-4H3. The first-order valence-corrected chi connectivity index (χ1v) is 7.99. The van der Waals surface area contributed by atoms with Crippen LogP contribution in [0.3, 0.4) is 0 Å². The average molecular weight is 305 g/mol. The highest BCUT2D eigenvalue weighted by atomic mass is 32.1. The van der Waals surface area contributed by atoms with Crippen molar-refractivity contribution in [1.29, 1.82) is 0 Å². The van der Waals surface area contributed by atoms with Gasteiger partial charge in [0.15, 0.2) is 11.5 Å². The zero-order chi connectivity index (χ0) is 15.2. The molecular weight excluding hydrogens is 282 g/mol. The van der Waals surface area contributed by atoms with Crippen LogP contribution in [0.4, 0.5) is 0 Å². The minimum atomic E-state index is 0.344. The van der Waals surface area contributed by atoms with Gasteiger partial charge in [0.25, 0.3) is 0 Å². The molecule has 1 N–H and O–H groups in total. The minimum absolute atomic E-state index is 0.344. The molecule has 0 bridgehead atoms. The lowest BCUT2D eigenvalue weighted by Crippen LogP contribution is -2.24. The van der Waals surface area contributed by atoms with Crippen LogP contribution in [0.1, 0.15) is 28.3 Å². The largest absolute Gasteiger partial charge is 0.493 e. The predicted molar refractivity (Wildman–Crippen MR) is 88.7 cm³/mol. The number of para-hydroxylation sites is 2. The first kappa shape index (κ1) is 15.9. The van der Waals surface area contributed by atoms with Gasteiger partial charge >= 0.3 is 0 Å². The molecule has 1 heterocycles. The van der Waals surface area contributed by atoms with Gasteiger partial charge in [-0.1, -0.05) is 12.1 Å².